The van der Waals surface area contributed by atoms with Crippen molar-refractivity contribution in [3.8, 4) is 5.75 Å². The van der Waals surface area contributed by atoms with Crippen molar-refractivity contribution < 1.29 is 4.74 Å². The lowest BCUT2D eigenvalue weighted by molar-refractivity contribution is 0.304. The van der Waals surface area contributed by atoms with Gasteiger partial charge in [-0.25, -0.2) is 0 Å². The first-order valence-corrected chi connectivity index (χ1v) is 7.14. The Morgan fingerprint density at radius 1 is 1.30 bits per heavy atom. The highest BCUT2D eigenvalue weighted by Crippen LogP contribution is 2.31. The molecule has 0 spiro atoms. The lowest BCUT2D eigenvalue weighted by Gasteiger charge is -2.22. The van der Waals surface area contributed by atoms with E-state index in [0.29, 0.717) is 6.61 Å². The molecule has 0 amide bonds. The molecule has 1 aliphatic rings. The van der Waals surface area contributed by atoms with E-state index in [9.17, 15) is 0 Å². The van der Waals surface area contributed by atoms with Gasteiger partial charge in [-0.15, -0.1) is 0 Å². The Labute approximate surface area is 119 Å². The quantitative estimate of drug-likeness (QED) is 0.929. The Bertz CT molecular complexity index is 610. The molecule has 0 aliphatic heterocycles. The van der Waals surface area contributed by atoms with Crippen molar-refractivity contribution in [1.82, 2.24) is 4.98 Å². The number of fused-ring (bicyclic) bond motifs is 1. The van der Waals surface area contributed by atoms with Gasteiger partial charge in [-0.2, -0.15) is 0 Å². The maximum atomic E-state index is 6.18. The van der Waals surface area contributed by atoms with Crippen molar-refractivity contribution in [2.45, 2.75) is 38.8 Å². The summed E-state index contributed by atoms with van der Waals surface area (Å²) in [6, 6.07) is 8.54. The first kappa shape index (κ1) is 13.1. The van der Waals surface area contributed by atoms with E-state index in [2.05, 4.69) is 23.2 Å². The van der Waals surface area contributed by atoms with E-state index in [1.165, 1.54) is 17.5 Å². The molecule has 20 heavy (non-hydrogen) atoms. The predicted octanol–water partition coefficient (Wildman–Crippen LogP) is 3.31. The van der Waals surface area contributed by atoms with Gasteiger partial charge in [-0.1, -0.05) is 6.07 Å². The van der Waals surface area contributed by atoms with Crippen LogP contribution in [0.1, 0.15) is 41.1 Å². The fourth-order valence-electron chi connectivity index (χ4n) is 2.77. The molecular weight excluding hydrogens is 248 g/mol. The monoisotopic (exact) mass is 268 g/mol. The van der Waals surface area contributed by atoms with Gasteiger partial charge in [-0.05, 0) is 61.1 Å². The minimum absolute atomic E-state index is 0.155. The summed E-state index contributed by atoms with van der Waals surface area (Å²) in [6.45, 7) is 2.58. The van der Waals surface area contributed by atoms with Crippen LogP contribution >= 0.6 is 0 Å². The maximum absolute atomic E-state index is 6.18. The highest BCUT2D eigenvalue weighted by Gasteiger charge is 2.17. The van der Waals surface area contributed by atoms with E-state index >= 15 is 0 Å². The molecule has 1 aromatic carbocycles. The zero-order chi connectivity index (χ0) is 13.9. The number of benzene rings is 1. The molecule has 1 aliphatic carbocycles. The van der Waals surface area contributed by atoms with Crippen molar-refractivity contribution in [1.29, 1.82) is 0 Å². The first-order valence-electron chi connectivity index (χ1n) is 7.14. The van der Waals surface area contributed by atoms with Crippen molar-refractivity contribution in [3.05, 3.63) is 58.9 Å². The van der Waals surface area contributed by atoms with Crippen molar-refractivity contribution in [3.63, 3.8) is 0 Å². The van der Waals surface area contributed by atoms with Crippen molar-refractivity contribution >= 4 is 0 Å². The summed E-state index contributed by atoms with van der Waals surface area (Å²) >= 11 is 0. The third-order valence-corrected chi connectivity index (χ3v) is 3.82. The summed E-state index contributed by atoms with van der Waals surface area (Å²) in [7, 11) is 0. The fourth-order valence-corrected chi connectivity index (χ4v) is 2.77. The number of nitrogens with two attached hydrogens (primary N) is 1. The number of nitrogens with zero attached hydrogens (tertiary/aromatic N) is 1. The number of aromatic nitrogens is 1. The lowest BCUT2D eigenvalue weighted by atomic mass is 9.88. The van der Waals surface area contributed by atoms with Gasteiger partial charge in [0.2, 0.25) is 0 Å². The van der Waals surface area contributed by atoms with Crippen LogP contribution in [0.15, 0.2) is 36.7 Å². The third-order valence-electron chi connectivity index (χ3n) is 3.82. The number of hydrogen-bond donors (Lipinski definition) is 1. The molecule has 3 rings (SSSR count). The van der Waals surface area contributed by atoms with Crippen LogP contribution in [0, 0.1) is 6.92 Å². The van der Waals surface area contributed by atoms with E-state index in [1.54, 1.807) is 0 Å². The number of ether oxygens (including phenoxy) is 1. The first-order chi connectivity index (χ1) is 9.72. The molecule has 0 saturated heterocycles. The normalized spacial score (nSPS) is 17.6. The summed E-state index contributed by atoms with van der Waals surface area (Å²) in [6.07, 6.45) is 7.07. The molecule has 1 atom stereocenters. The molecule has 0 radical (unpaired) electrons. The molecule has 0 bridgehead atoms. The molecule has 2 N–H and O–H groups in total. The second-order valence-electron chi connectivity index (χ2n) is 5.52. The Balaban J connectivity index is 1.73. The molecule has 0 fully saturated rings. The van der Waals surface area contributed by atoms with Crippen LogP contribution < -0.4 is 10.5 Å². The van der Waals surface area contributed by atoms with Crippen LogP contribution in [-0.4, -0.2) is 4.98 Å². The Morgan fingerprint density at radius 2 is 2.20 bits per heavy atom. The van der Waals surface area contributed by atoms with E-state index < -0.39 is 0 Å². The number of hydrogen-bond acceptors (Lipinski definition) is 3. The highest BCUT2D eigenvalue weighted by molar-refractivity contribution is 5.39. The van der Waals surface area contributed by atoms with Crippen LogP contribution in [0.2, 0.25) is 0 Å². The topological polar surface area (TPSA) is 48.1 Å². The SMILES string of the molecule is Cc1cncc(COc2ccc3c(c2)C(N)CCC3)c1. The smallest absolute Gasteiger partial charge is 0.120 e. The molecule has 104 valence electrons. The molecule has 2 aromatic rings. The molecule has 1 heterocycles. The standard InChI is InChI=1S/C17H20N2O/c1-12-7-13(10-19-9-12)11-20-15-6-5-14-3-2-4-17(18)16(14)8-15/h5-10,17H,2-4,11,18H2,1H3. The van der Waals surface area contributed by atoms with Gasteiger partial charge in [0.25, 0.3) is 0 Å². The minimum atomic E-state index is 0.155. The molecule has 1 aromatic heterocycles. The van der Waals surface area contributed by atoms with Crippen molar-refractivity contribution in [2.24, 2.45) is 5.73 Å². The van der Waals surface area contributed by atoms with E-state index in [4.69, 9.17) is 10.5 Å². The Hall–Kier alpha value is -1.87. The second-order valence-corrected chi connectivity index (χ2v) is 5.52. The summed E-state index contributed by atoms with van der Waals surface area (Å²) in [5.41, 5.74) is 11.0. The van der Waals surface area contributed by atoms with Crippen LogP contribution in [0.4, 0.5) is 0 Å². The predicted molar refractivity (Wildman–Crippen MR) is 79.6 cm³/mol. The van der Waals surface area contributed by atoms with Gasteiger partial charge in [0.1, 0.15) is 12.4 Å². The number of rotatable bonds is 3. The Morgan fingerprint density at radius 3 is 3.05 bits per heavy atom. The minimum Gasteiger partial charge on any atom is -0.489 e. The molecule has 1 unspecified atom stereocenters. The average molecular weight is 268 g/mol. The largest absolute Gasteiger partial charge is 0.489 e. The molecular formula is C17H20N2O. The zero-order valence-corrected chi connectivity index (χ0v) is 11.8. The number of pyridine rings is 1. The van der Waals surface area contributed by atoms with Gasteiger partial charge >= 0.3 is 0 Å². The van der Waals surface area contributed by atoms with Crippen LogP contribution in [0.5, 0.6) is 5.75 Å². The lowest BCUT2D eigenvalue weighted by Crippen LogP contribution is -2.17. The van der Waals surface area contributed by atoms with Gasteiger partial charge < -0.3 is 10.5 Å². The van der Waals surface area contributed by atoms with Gasteiger partial charge in [0.05, 0.1) is 0 Å². The van der Waals surface area contributed by atoms with Crippen molar-refractivity contribution in [2.75, 3.05) is 0 Å². The van der Waals surface area contributed by atoms with E-state index in [1.807, 2.05) is 25.4 Å². The Kier molecular flexibility index (Phi) is 3.70. The second kappa shape index (κ2) is 5.63. The highest BCUT2D eigenvalue weighted by atomic mass is 16.5. The summed E-state index contributed by atoms with van der Waals surface area (Å²) in [5, 5.41) is 0. The summed E-state index contributed by atoms with van der Waals surface area (Å²) in [4.78, 5) is 4.18. The van der Waals surface area contributed by atoms with Gasteiger partial charge in [0.15, 0.2) is 0 Å². The maximum Gasteiger partial charge on any atom is 0.120 e. The van der Waals surface area contributed by atoms with E-state index in [0.717, 1.165) is 29.7 Å². The van der Waals surface area contributed by atoms with Crippen LogP contribution in [0.25, 0.3) is 0 Å². The van der Waals surface area contributed by atoms with E-state index in [-0.39, 0.29) is 6.04 Å². The van der Waals surface area contributed by atoms with Crippen LogP contribution in [0.3, 0.4) is 0 Å². The number of aryl methyl sites for hydroxylation is 2. The zero-order valence-electron chi connectivity index (χ0n) is 11.8. The van der Waals surface area contributed by atoms with Crippen LogP contribution in [-0.2, 0) is 13.0 Å². The fraction of sp³-hybridized carbons (Fsp3) is 0.353. The van der Waals surface area contributed by atoms with Gasteiger partial charge in [0, 0.05) is 24.0 Å². The summed E-state index contributed by atoms with van der Waals surface area (Å²) in [5.74, 6) is 0.891. The third kappa shape index (κ3) is 2.83. The van der Waals surface area contributed by atoms with Gasteiger partial charge in [-0.3, -0.25) is 4.98 Å². The molecule has 0 saturated carbocycles. The molecule has 3 nitrogen and oxygen atoms in total. The molecule has 3 heteroatoms. The average Bonchev–Trinajstić information content (AvgIpc) is 2.46. The summed E-state index contributed by atoms with van der Waals surface area (Å²) < 4.78 is 5.87.